The zero-order valence-corrected chi connectivity index (χ0v) is 13.3. The molecule has 1 saturated carbocycles. The van der Waals surface area contributed by atoms with Crippen LogP contribution in [0.5, 0.6) is 0 Å². The van der Waals surface area contributed by atoms with Gasteiger partial charge < -0.3 is 5.73 Å². The molecule has 0 aromatic carbocycles. The average Bonchev–Trinajstić information content (AvgIpc) is 2.80. The third-order valence-corrected chi connectivity index (χ3v) is 5.33. The summed E-state index contributed by atoms with van der Waals surface area (Å²) in [6.45, 7) is 13.0. The summed E-state index contributed by atoms with van der Waals surface area (Å²) in [5, 5.41) is 0. The van der Waals surface area contributed by atoms with Crippen molar-refractivity contribution in [2.45, 2.75) is 73.1 Å². The normalized spacial score (nSPS) is 32.8. The van der Waals surface area contributed by atoms with Crippen LogP contribution < -0.4 is 5.73 Å². The standard InChI is InChI=1S/C17H35N/c1-6-10-17(5)14(4)16(17)15(12-13(2)3)9-7-8-11-18/h13-16H,6-12,18H2,1-5H3/t14?,15?,16-,17?/m1/s1. The van der Waals surface area contributed by atoms with Gasteiger partial charge in [-0.3, -0.25) is 0 Å². The highest BCUT2D eigenvalue weighted by Gasteiger charge is 2.59. The first-order chi connectivity index (χ1) is 8.47. The minimum atomic E-state index is 0.650. The van der Waals surface area contributed by atoms with Crippen LogP contribution in [-0.2, 0) is 0 Å². The molecular weight excluding hydrogens is 218 g/mol. The molecule has 0 aliphatic heterocycles. The maximum absolute atomic E-state index is 5.64. The predicted molar refractivity (Wildman–Crippen MR) is 81.5 cm³/mol. The van der Waals surface area contributed by atoms with Gasteiger partial charge in [0.1, 0.15) is 0 Å². The van der Waals surface area contributed by atoms with Crippen LogP contribution in [0.3, 0.4) is 0 Å². The number of hydrogen-bond acceptors (Lipinski definition) is 1. The van der Waals surface area contributed by atoms with Crippen LogP contribution in [0.15, 0.2) is 0 Å². The largest absolute Gasteiger partial charge is 0.330 e. The second-order valence-electron chi connectivity index (χ2n) is 7.24. The van der Waals surface area contributed by atoms with E-state index in [1.54, 1.807) is 0 Å². The first-order valence-electron chi connectivity index (χ1n) is 8.17. The molecule has 0 aromatic rings. The van der Waals surface area contributed by atoms with Gasteiger partial charge in [-0.1, -0.05) is 53.9 Å². The Balaban J connectivity index is 2.55. The maximum Gasteiger partial charge on any atom is -0.00773 e. The summed E-state index contributed by atoms with van der Waals surface area (Å²) in [5.74, 6) is 3.71. The molecule has 1 aliphatic carbocycles. The summed E-state index contributed by atoms with van der Waals surface area (Å²) in [4.78, 5) is 0. The van der Waals surface area contributed by atoms with Gasteiger partial charge in [0.15, 0.2) is 0 Å². The summed E-state index contributed by atoms with van der Waals surface area (Å²) in [7, 11) is 0. The highest BCUT2D eigenvalue weighted by molar-refractivity contribution is 5.07. The molecule has 0 saturated heterocycles. The first-order valence-corrected chi connectivity index (χ1v) is 8.17. The molecule has 0 spiro atoms. The molecule has 1 heteroatoms. The molecule has 0 bridgehead atoms. The van der Waals surface area contributed by atoms with Gasteiger partial charge in [-0.25, -0.2) is 0 Å². The Morgan fingerprint density at radius 1 is 1.22 bits per heavy atom. The van der Waals surface area contributed by atoms with Gasteiger partial charge >= 0.3 is 0 Å². The van der Waals surface area contributed by atoms with Crippen LogP contribution in [0.1, 0.15) is 73.1 Å². The lowest BCUT2D eigenvalue weighted by molar-refractivity contribution is 0.287. The van der Waals surface area contributed by atoms with Gasteiger partial charge in [-0.05, 0) is 54.9 Å². The topological polar surface area (TPSA) is 26.0 Å². The molecule has 1 fully saturated rings. The number of rotatable bonds is 9. The van der Waals surface area contributed by atoms with Crippen LogP contribution in [-0.4, -0.2) is 6.54 Å². The monoisotopic (exact) mass is 253 g/mol. The molecule has 18 heavy (non-hydrogen) atoms. The minimum Gasteiger partial charge on any atom is -0.330 e. The van der Waals surface area contributed by atoms with Gasteiger partial charge in [0.25, 0.3) is 0 Å². The Morgan fingerprint density at radius 3 is 2.39 bits per heavy atom. The van der Waals surface area contributed by atoms with Crippen molar-refractivity contribution in [3.05, 3.63) is 0 Å². The van der Waals surface area contributed by atoms with E-state index in [4.69, 9.17) is 5.73 Å². The summed E-state index contributed by atoms with van der Waals surface area (Å²) in [6, 6.07) is 0. The van der Waals surface area contributed by atoms with Crippen molar-refractivity contribution in [2.75, 3.05) is 6.54 Å². The molecule has 1 rings (SSSR count). The van der Waals surface area contributed by atoms with Crippen molar-refractivity contribution in [3.8, 4) is 0 Å². The number of hydrogen-bond donors (Lipinski definition) is 1. The van der Waals surface area contributed by atoms with Crippen molar-refractivity contribution in [2.24, 2.45) is 34.8 Å². The minimum absolute atomic E-state index is 0.650. The van der Waals surface area contributed by atoms with E-state index in [2.05, 4.69) is 34.6 Å². The van der Waals surface area contributed by atoms with E-state index >= 15 is 0 Å². The Labute approximate surface area is 115 Å². The lowest BCUT2D eigenvalue weighted by Crippen LogP contribution is -2.13. The molecule has 108 valence electrons. The van der Waals surface area contributed by atoms with E-state index in [-0.39, 0.29) is 0 Å². The second-order valence-corrected chi connectivity index (χ2v) is 7.24. The third-order valence-electron chi connectivity index (χ3n) is 5.33. The summed E-state index contributed by atoms with van der Waals surface area (Å²) in [6.07, 6.45) is 8.13. The molecule has 1 aliphatic rings. The summed E-state index contributed by atoms with van der Waals surface area (Å²) < 4.78 is 0. The molecule has 3 unspecified atom stereocenters. The van der Waals surface area contributed by atoms with Crippen molar-refractivity contribution < 1.29 is 0 Å². The smallest absolute Gasteiger partial charge is 0.00773 e. The Kier molecular flexibility index (Phi) is 6.17. The maximum atomic E-state index is 5.64. The van der Waals surface area contributed by atoms with E-state index < -0.39 is 0 Å². The predicted octanol–water partition coefficient (Wildman–Crippen LogP) is 4.85. The molecule has 0 heterocycles. The van der Waals surface area contributed by atoms with Crippen molar-refractivity contribution >= 4 is 0 Å². The number of nitrogens with two attached hydrogens (primary N) is 1. The van der Waals surface area contributed by atoms with Crippen LogP contribution in [0, 0.1) is 29.1 Å². The van der Waals surface area contributed by atoms with Crippen molar-refractivity contribution in [1.82, 2.24) is 0 Å². The average molecular weight is 253 g/mol. The van der Waals surface area contributed by atoms with E-state index in [9.17, 15) is 0 Å². The van der Waals surface area contributed by atoms with Crippen molar-refractivity contribution in [1.29, 1.82) is 0 Å². The molecule has 0 amide bonds. The first kappa shape index (κ1) is 16.0. The molecule has 1 nitrogen and oxygen atoms in total. The number of unbranched alkanes of at least 4 members (excludes halogenated alkanes) is 1. The van der Waals surface area contributed by atoms with Gasteiger partial charge in [0, 0.05) is 0 Å². The lowest BCUT2D eigenvalue weighted by Gasteiger charge is -2.22. The van der Waals surface area contributed by atoms with E-state index in [0.29, 0.717) is 5.41 Å². The highest BCUT2D eigenvalue weighted by atomic mass is 14.6. The van der Waals surface area contributed by atoms with Crippen LogP contribution in [0.25, 0.3) is 0 Å². The molecule has 0 radical (unpaired) electrons. The zero-order valence-electron chi connectivity index (χ0n) is 13.3. The van der Waals surface area contributed by atoms with Gasteiger partial charge in [-0.15, -0.1) is 0 Å². The molecule has 2 N–H and O–H groups in total. The van der Waals surface area contributed by atoms with Gasteiger partial charge in [-0.2, -0.15) is 0 Å². The lowest BCUT2D eigenvalue weighted by atomic mass is 9.84. The third kappa shape index (κ3) is 3.73. The fraction of sp³-hybridized carbons (Fsp3) is 1.00. The van der Waals surface area contributed by atoms with Gasteiger partial charge in [0.2, 0.25) is 0 Å². The van der Waals surface area contributed by atoms with Gasteiger partial charge in [0.05, 0.1) is 0 Å². The highest BCUT2D eigenvalue weighted by Crippen LogP contribution is 2.65. The van der Waals surface area contributed by atoms with E-state index in [0.717, 1.165) is 30.2 Å². The summed E-state index contributed by atoms with van der Waals surface area (Å²) in [5.41, 5.74) is 6.29. The fourth-order valence-corrected chi connectivity index (χ4v) is 4.32. The SMILES string of the molecule is CCCC1(C)C(C)[C@@H]1C(CCCCN)CC(C)C. The summed E-state index contributed by atoms with van der Waals surface area (Å²) >= 11 is 0. The molecular formula is C17H35N. The Hall–Kier alpha value is -0.0400. The molecule has 4 atom stereocenters. The second kappa shape index (κ2) is 6.93. The molecule has 0 aromatic heterocycles. The van der Waals surface area contributed by atoms with Crippen LogP contribution >= 0.6 is 0 Å². The Morgan fingerprint density at radius 2 is 1.89 bits per heavy atom. The quantitative estimate of drug-likeness (QED) is 0.584. The fourth-order valence-electron chi connectivity index (χ4n) is 4.32. The van der Waals surface area contributed by atoms with E-state index in [1.807, 2.05) is 0 Å². The van der Waals surface area contributed by atoms with Crippen molar-refractivity contribution in [3.63, 3.8) is 0 Å². The Bertz CT molecular complexity index is 236. The zero-order chi connectivity index (χ0) is 13.8. The van der Waals surface area contributed by atoms with Crippen LogP contribution in [0.2, 0.25) is 0 Å². The van der Waals surface area contributed by atoms with Crippen LogP contribution in [0.4, 0.5) is 0 Å². The van der Waals surface area contributed by atoms with E-state index in [1.165, 1.54) is 38.5 Å².